The van der Waals surface area contributed by atoms with Crippen LogP contribution in [0.4, 0.5) is 0 Å². The van der Waals surface area contributed by atoms with Gasteiger partial charge < -0.3 is 4.90 Å². The average molecular weight is 238 g/mol. The minimum Gasteiger partial charge on any atom is -0.325 e. The molecule has 1 aliphatic carbocycles. The zero-order valence-electron chi connectivity index (χ0n) is 11.5. The molecule has 1 saturated heterocycles. The van der Waals surface area contributed by atoms with E-state index in [0.717, 1.165) is 25.8 Å². The number of rotatable bonds is 6. The first-order valence-corrected chi connectivity index (χ1v) is 7.22. The molecule has 2 unspecified atom stereocenters. The highest BCUT2D eigenvalue weighted by Crippen LogP contribution is 2.49. The van der Waals surface area contributed by atoms with Crippen LogP contribution in [0, 0.1) is 5.41 Å². The summed E-state index contributed by atoms with van der Waals surface area (Å²) in [6.07, 6.45) is 7.18. The first-order chi connectivity index (χ1) is 8.15. The van der Waals surface area contributed by atoms with E-state index in [1.807, 2.05) is 0 Å². The molecule has 1 aliphatic heterocycles. The van der Waals surface area contributed by atoms with E-state index < -0.39 is 0 Å². The fraction of sp³-hybridized carbons (Fsp3) is 0.929. The number of nitrogens with zero attached hydrogens (tertiary/aromatic N) is 1. The lowest BCUT2D eigenvalue weighted by atomic mass is 10.0. The lowest BCUT2D eigenvalue weighted by Crippen LogP contribution is -2.40. The monoisotopic (exact) mass is 238 g/mol. The summed E-state index contributed by atoms with van der Waals surface area (Å²) in [4.78, 5) is 14.5. The van der Waals surface area contributed by atoms with Gasteiger partial charge >= 0.3 is 0 Å². The quantitative estimate of drug-likeness (QED) is 0.771. The van der Waals surface area contributed by atoms with Crippen molar-refractivity contribution in [2.24, 2.45) is 5.41 Å². The second-order valence-electron chi connectivity index (χ2n) is 5.75. The largest absolute Gasteiger partial charge is 0.325 e. The van der Waals surface area contributed by atoms with E-state index >= 15 is 0 Å². The van der Waals surface area contributed by atoms with Gasteiger partial charge in [-0.05, 0) is 37.5 Å². The van der Waals surface area contributed by atoms with E-state index in [0.29, 0.717) is 11.3 Å². The molecule has 0 aromatic rings. The third-order valence-electron chi connectivity index (χ3n) is 4.53. The minimum absolute atomic E-state index is 0.0811. The lowest BCUT2D eigenvalue weighted by molar-refractivity contribution is -0.131. The van der Waals surface area contributed by atoms with Crippen LogP contribution in [0.15, 0.2) is 0 Å². The molecule has 0 aromatic carbocycles. The highest BCUT2D eigenvalue weighted by Gasteiger charge is 2.47. The topological polar surface area (TPSA) is 32.3 Å². The Bertz CT molecular complexity index is 286. The summed E-state index contributed by atoms with van der Waals surface area (Å²) in [7, 11) is 0. The van der Waals surface area contributed by atoms with Crippen LogP contribution in [0.25, 0.3) is 0 Å². The molecule has 2 rings (SSSR count). The molecule has 3 nitrogen and oxygen atoms in total. The van der Waals surface area contributed by atoms with Crippen LogP contribution in [-0.4, -0.2) is 29.6 Å². The number of hydrogen-bond donors (Lipinski definition) is 1. The maximum atomic E-state index is 12.3. The molecule has 17 heavy (non-hydrogen) atoms. The van der Waals surface area contributed by atoms with Crippen LogP contribution >= 0.6 is 0 Å². The highest BCUT2D eigenvalue weighted by atomic mass is 16.2. The zero-order chi connectivity index (χ0) is 12.5. The number of hydrogen-bond acceptors (Lipinski definition) is 2. The van der Waals surface area contributed by atoms with Gasteiger partial charge in [-0.15, -0.1) is 0 Å². The molecule has 0 bridgehead atoms. The van der Waals surface area contributed by atoms with E-state index in [1.54, 1.807) is 0 Å². The smallest absolute Gasteiger partial charge is 0.241 e. The number of carbonyl (C=O) groups excluding carboxylic acids is 1. The molecule has 2 fully saturated rings. The molecule has 0 radical (unpaired) electrons. The molecule has 1 N–H and O–H groups in total. The minimum atomic E-state index is 0.0811. The SMILES string of the molecule is CCCC1NC(CC)N(CC2(CC)CC2)C1=O. The normalized spacial score (nSPS) is 31.0. The van der Waals surface area contributed by atoms with Crippen LogP contribution in [0.1, 0.15) is 59.3 Å². The second kappa shape index (κ2) is 4.97. The number of amides is 1. The molecule has 3 heteroatoms. The van der Waals surface area contributed by atoms with Gasteiger partial charge in [-0.1, -0.05) is 27.2 Å². The van der Waals surface area contributed by atoms with Crippen molar-refractivity contribution in [1.29, 1.82) is 0 Å². The molecule has 1 heterocycles. The molecular formula is C14H26N2O. The number of carbonyl (C=O) groups is 1. The van der Waals surface area contributed by atoms with Gasteiger partial charge in [-0.2, -0.15) is 0 Å². The first kappa shape index (κ1) is 12.9. The van der Waals surface area contributed by atoms with Crippen LogP contribution < -0.4 is 5.32 Å². The van der Waals surface area contributed by atoms with Gasteiger partial charge in [0.15, 0.2) is 0 Å². The van der Waals surface area contributed by atoms with Gasteiger partial charge in [0.25, 0.3) is 0 Å². The van der Waals surface area contributed by atoms with Gasteiger partial charge in [0, 0.05) is 6.54 Å². The van der Waals surface area contributed by atoms with Crippen molar-refractivity contribution in [3.63, 3.8) is 0 Å². The summed E-state index contributed by atoms with van der Waals surface area (Å²) in [5.74, 6) is 0.346. The molecule has 1 saturated carbocycles. The Labute approximate surface area is 105 Å². The Balaban J connectivity index is 2.01. The molecule has 2 atom stereocenters. The fourth-order valence-electron chi connectivity index (χ4n) is 2.93. The fourth-order valence-corrected chi connectivity index (χ4v) is 2.93. The highest BCUT2D eigenvalue weighted by molar-refractivity contribution is 5.84. The summed E-state index contributed by atoms with van der Waals surface area (Å²) < 4.78 is 0. The van der Waals surface area contributed by atoms with Crippen molar-refractivity contribution in [2.75, 3.05) is 6.54 Å². The Morgan fingerprint density at radius 1 is 1.35 bits per heavy atom. The van der Waals surface area contributed by atoms with Gasteiger partial charge in [0.1, 0.15) is 0 Å². The Hall–Kier alpha value is -0.570. The summed E-state index contributed by atoms with van der Waals surface area (Å²) in [6, 6.07) is 0.0811. The molecule has 1 amide bonds. The Kier molecular flexibility index (Phi) is 3.76. The van der Waals surface area contributed by atoms with Crippen molar-refractivity contribution in [3.8, 4) is 0 Å². The summed E-state index contributed by atoms with van der Waals surface area (Å²) in [5.41, 5.74) is 0.464. The summed E-state index contributed by atoms with van der Waals surface area (Å²) in [6.45, 7) is 7.55. The van der Waals surface area contributed by atoms with Crippen molar-refractivity contribution < 1.29 is 4.79 Å². The van der Waals surface area contributed by atoms with E-state index in [2.05, 4.69) is 31.0 Å². The van der Waals surface area contributed by atoms with E-state index in [-0.39, 0.29) is 12.2 Å². The summed E-state index contributed by atoms with van der Waals surface area (Å²) >= 11 is 0. The molecule has 2 aliphatic rings. The van der Waals surface area contributed by atoms with Crippen molar-refractivity contribution in [1.82, 2.24) is 10.2 Å². The van der Waals surface area contributed by atoms with Crippen LogP contribution in [0.5, 0.6) is 0 Å². The molecule has 0 spiro atoms. The maximum absolute atomic E-state index is 12.3. The zero-order valence-corrected chi connectivity index (χ0v) is 11.5. The van der Waals surface area contributed by atoms with Gasteiger partial charge in [0.2, 0.25) is 5.91 Å². The Morgan fingerprint density at radius 2 is 2.06 bits per heavy atom. The van der Waals surface area contributed by atoms with Crippen molar-refractivity contribution >= 4 is 5.91 Å². The average Bonchev–Trinajstić information content (AvgIpc) is 3.06. The van der Waals surface area contributed by atoms with E-state index in [1.165, 1.54) is 19.3 Å². The third-order valence-corrected chi connectivity index (χ3v) is 4.53. The summed E-state index contributed by atoms with van der Waals surface area (Å²) in [5, 5.41) is 3.49. The molecule has 0 aromatic heterocycles. The predicted molar refractivity (Wildman–Crippen MR) is 69.6 cm³/mol. The van der Waals surface area contributed by atoms with Crippen LogP contribution in [-0.2, 0) is 4.79 Å². The van der Waals surface area contributed by atoms with E-state index in [9.17, 15) is 4.79 Å². The van der Waals surface area contributed by atoms with E-state index in [4.69, 9.17) is 0 Å². The predicted octanol–water partition coefficient (Wildman–Crippen LogP) is 2.51. The van der Waals surface area contributed by atoms with Crippen molar-refractivity contribution in [2.45, 2.75) is 71.5 Å². The first-order valence-electron chi connectivity index (χ1n) is 7.22. The van der Waals surface area contributed by atoms with Gasteiger partial charge in [-0.25, -0.2) is 0 Å². The number of nitrogens with one attached hydrogen (secondary N) is 1. The molecule has 98 valence electrons. The second-order valence-corrected chi connectivity index (χ2v) is 5.75. The van der Waals surface area contributed by atoms with Crippen LogP contribution in [0.3, 0.4) is 0 Å². The Morgan fingerprint density at radius 3 is 2.53 bits per heavy atom. The van der Waals surface area contributed by atoms with Crippen LogP contribution in [0.2, 0.25) is 0 Å². The molecular weight excluding hydrogens is 212 g/mol. The van der Waals surface area contributed by atoms with Crippen molar-refractivity contribution in [3.05, 3.63) is 0 Å². The van der Waals surface area contributed by atoms with Gasteiger partial charge in [0.05, 0.1) is 12.2 Å². The standard InChI is InChI=1S/C14H26N2O/c1-4-7-11-13(17)16(12(5-2)15-11)10-14(6-3)8-9-14/h11-12,15H,4-10H2,1-3H3. The third kappa shape index (κ3) is 2.49. The van der Waals surface area contributed by atoms with Gasteiger partial charge in [-0.3, -0.25) is 10.1 Å². The lowest BCUT2D eigenvalue weighted by Gasteiger charge is -2.27. The maximum Gasteiger partial charge on any atom is 0.241 e.